The molecular formula is C23H25N3O2S. The average molecular weight is 408 g/mol. The number of phenols is 1. The van der Waals surface area contributed by atoms with Gasteiger partial charge in [-0.3, -0.25) is 4.99 Å². The van der Waals surface area contributed by atoms with Crippen LogP contribution in [0.3, 0.4) is 0 Å². The summed E-state index contributed by atoms with van der Waals surface area (Å²) in [5.41, 5.74) is 5.50. The van der Waals surface area contributed by atoms with E-state index in [2.05, 4.69) is 42.8 Å². The first-order chi connectivity index (χ1) is 13.9. The van der Waals surface area contributed by atoms with Gasteiger partial charge in [0.1, 0.15) is 11.5 Å². The van der Waals surface area contributed by atoms with E-state index in [0.717, 1.165) is 21.6 Å². The number of thiazole rings is 1. The molecule has 0 bridgehead atoms. The van der Waals surface area contributed by atoms with Gasteiger partial charge in [-0.15, -0.1) is 11.3 Å². The molecule has 150 valence electrons. The third kappa shape index (κ3) is 4.84. The Hall–Kier alpha value is -3.12. The van der Waals surface area contributed by atoms with Crippen molar-refractivity contribution in [1.82, 2.24) is 4.68 Å². The summed E-state index contributed by atoms with van der Waals surface area (Å²) < 4.78 is 7.00. The van der Waals surface area contributed by atoms with E-state index in [1.54, 1.807) is 25.3 Å². The molecule has 1 heterocycles. The minimum atomic E-state index is 0.124. The van der Waals surface area contributed by atoms with Crippen LogP contribution in [0.4, 0.5) is 0 Å². The maximum Gasteiger partial charge on any atom is 0.206 e. The van der Waals surface area contributed by atoms with Crippen LogP contribution in [0.25, 0.3) is 11.3 Å². The molecule has 0 saturated carbocycles. The van der Waals surface area contributed by atoms with E-state index in [4.69, 9.17) is 9.84 Å². The van der Waals surface area contributed by atoms with Crippen LogP contribution in [0, 0.1) is 6.92 Å². The lowest BCUT2D eigenvalue weighted by Crippen LogP contribution is -2.15. The van der Waals surface area contributed by atoms with E-state index in [1.807, 2.05) is 23.9 Å². The second kappa shape index (κ2) is 8.92. The lowest BCUT2D eigenvalue weighted by atomic mass is 10.1. The highest BCUT2D eigenvalue weighted by molar-refractivity contribution is 7.07. The highest BCUT2D eigenvalue weighted by atomic mass is 32.1. The topological polar surface area (TPSA) is 59.1 Å². The first-order valence-corrected chi connectivity index (χ1v) is 10.1. The molecule has 3 aromatic rings. The molecule has 1 N–H and O–H groups in total. The average Bonchev–Trinajstić information content (AvgIpc) is 3.09. The quantitative estimate of drug-likeness (QED) is 0.462. The minimum absolute atomic E-state index is 0.124. The van der Waals surface area contributed by atoms with Crippen molar-refractivity contribution in [1.29, 1.82) is 0 Å². The Morgan fingerprint density at radius 2 is 1.90 bits per heavy atom. The van der Waals surface area contributed by atoms with Gasteiger partial charge in [0, 0.05) is 22.6 Å². The van der Waals surface area contributed by atoms with Crippen LogP contribution in [0.15, 0.2) is 70.1 Å². The Morgan fingerprint density at radius 3 is 2.52 bits per heavy atom. The number of benzene rings is 2. The number of rotatable bonds is 6. The number of aromatic nitrogens is 1. The van der Waals surface area contributed by atoms with E-state index in [-0.39, 0.29) is 5.75 Å². The molecule has 0 fully saturated rings. The largest absolute Gasteiger partial charge is 0.507 e. The van der Waals surface area contributed by atoms with Gasteiger partial charge >= 0.3 is 0 Å². The number of aryl methyl sites for hydroxylation is 1. The van der Waals surface area contributed by atoms with Crippen molar-refractivity contribution in [3.63, 3.8) is 0 Å². The van der Waals surface area contributed by atoms with Crippen LogP contribution in [-0.4, -0.2) is 29.1 Å². The Morgan fingerprint density at radius 1 is 1.17 bits per heavy atom. The smallest absolute Gasteiger partial charge is 0.206 e. The molecule has 1 aromatic heterocycles. The number of ether oxygens (including phenoxy) is 1. The van der Waals surface area contributed by atoms with Crippen LogP contribution in [0.5, 0.6) is 11.5 Å². The molecule has 29 heavy (non-hydrogen) atoms. The maximum absolute atomic E-state index is 10.4. The number of methoxy groups -OCH3 is 1. The predicted octanol–water partition coefficient (Wildman–Crippen LogP) is 4.99. The van der Waals surface area contributed by atoms with Crippen molar-refractivity contribution in [3.05, 3.63) is 75.9 Å². The molecular weight excluding hydrogens is 382 g/mol. The second-order valence-corrected chi connectivity index (χ2v) is 7.76. The first kappa shape index (κ1) is 20.6. The van der Waals surface area contributed by atoms with Gasteiger partial charge < -0.3 is 9.84 Å². The summed E-state index contributed by atoms with van der Waals surface area (Å²) in [5.74, 6) is 0.721. The number of aromatic hydroxyl groups is 1. The molecule has 2 aromatic carbocycles. The summed E-state index contributed by atoms with van der Waals surface area (Å²) in [6.07, 6.45) is 0. The fourth-order valence-electron chi connectivity index (χ4n) is 2.78. The summed E-state index contributed by atoms with van der Waals surface area (Å²) in [7, 11) is 1.57. The summed E-state index contributed by atoms with van der Waals surface area (Å²) in [6, 6.07) is 13.5. The van der Waals surface area contributed by atoms with E-state index >= 15 is 0 Å². The van der Waals surface area contributed by atoms with Crippen LogP contribution in [0.1, 0.15) is 25.0 Å². The Kier molecular flexibility index (Phi) is 6.34. The van der Waals surface area contributed by atoms with Crippen molar-refractivity contribution < 1.29 is 9.84 Å². The molecule has 0 atom stereocenters. The molecule has 0 saturated heterocycles. The fourth-order valence-corrected chi connectivity index (χ4v) is 3.61. The summed E-state index contributed by atoms with van der Waals surface area (Å²) in [6.45, 7) is 10.4. The third-order valence-corrected chi connectivity index (χ3v) is 5.22. The van der Waals surface area contributed by atoms with Gasteiger partial charge in [-0.25, -0.2) is 4.68 Å². The molecule has 0 aliphatic rings. The third-order valence-electron chi connectivity index (χ3n) is 4.36. The summed E-state index contributed by atoms with van der Waals surface area (Å²) >= 11 is 1.53. The molecule has 0 unspecified atom stereocenters. The molecule has 0 radical (unpaired) electrons. The van der Waals surface area contributed by atoms with Crippen LogP contribution >= 0.6 is 11.3 Å². The number of hydrogen-bond acceptors (Lipinski definition) is 5. The van der Waals surface area contributed by atoms with E-state index in [0.29, 0.717) is 23.6 Å². The molecule has 5 nitrogen and oxygen atoms in total. The zero-order valence-corrected chi connectivity index (χ0v) is 18.0. The van der Waals surface area contributed by atoms with Crippen molar-refractivity contribution in [3.8, 4) is 22.8 Å². The zero-order valence-electron chi connectivity index (χ0n) is 17.1. The van der Waals surface area contributed by atoms with Gasteiger partial charge in [-0.1, -0.05) is 42.0 Å². The number of hydrogen-bond donors (Lipinski definition) is 1. The highest BCUT2D eigenvalue weighted by Gasteiger charge is 2.11. The number of nitrogens with zero attached hydrogens (tertiary/aromatic N) is 3. The molecule has 0 aliphatic heterocycles. The first-order valence-electron chi connectivity index (χ1n) is 9.24. The standard InChI is InChI=1S/C23H25N3O2S/c1-15(2)13-24-23-26(21(14-29-23)18-8-6-16(3)7-9-18)25-17(4)20-11-10-19(28-5)12-22(20)27/h6-12,14,27H,1,13H2,2-5H3. The van der Waals surface area contributed by atoms with Crippen molar-refractivity contribution >= 4 is 17.0 Å². The Labute approximate surface area is 175 Å². The zero-order chi connectivity index (χ0) is 21.0. The van der Waals surface area contributed by atoms with Gasteiger partial charge in [0.2, 0.25) is 4.80 Å². The van der Waals surface area contributed by atoms with Crippen molar-refractivity contribution in [2.45, 2.75) is 20.8 Å². The summed E-state index contributed by atoms with van der Waals surface area (Å²) in [5, 5.41) is 17.2. The molecule has 6 heteroatoms. The lowest BCUT2D eigenvalue weighted by Gasteiger charge is -2.09. The molecule has 0 aliphatic carbocycles. The maximum atomic E-state index is 10.4. The van der Waals surface area contributed by atoms with E-state index < -0.39 is 0 Å². The second-order valence-electron chi connectivity index (χ2n) is 6.92. The van der Waals surface area contributed by atoms with Gasteiger partial charge in [0.05, 0.1) is 25.1 Å². The highest BCUT2D eigenvalue weighted by Crippen LogP contribution is 2.25. The predicted molar refractivity (Wildman–Crippen MR) is 120 cm³/mol. The van der Waals surface area contributed by atoms with Gasteiger partial charge in [-0.05, 0) is 32.9 Å². The SMILES string of the molecule is C=C(C)CN=c1scc(-c2ccc(C)cc2)n1N=C(C)c1ccc(OC)cc1O. The molecule has 0 amide bonds. The monoisotopic (exact) mass is 407 g/mol. The molecule has 3 rings (SSSR count). The Bertz CT molecular complexity index is 1120. The van der Waals surface area contributed by atoms with Gasteiger partial charge in [0.15, 0.2) is 0 Å². The molecule has 0 spiro atoms. The fraction of sp³-hybridized carbons (Fsp3) is 0.217. The van der Waals surface area contributed by atoms with E-state index in [1.165, 1.54) is 16.9 Å². The van der Waals surface area contributed by atoms with Crippen LogP contribution in [-0.2, 0) is 0 Å². The van der Waals surface area contributed by atoms with Crippen LogP contribution in [0.2, 0.25) is 0 Å². The van der Waals surface area contributed by atoms with Crippen molar-refractivity contribution in [2.75, 3.05) is 13.7 Å². The Balaban J connectivity index is 2.13. The van der Waals surface area contributed by atoms with Crippen molar-refractivity contribution in [2.24, 2.45) is 10.1 Å². The normalized spacial score (nSPS) is 12.3. The summed E-state index contributed by atoms with van der Waals surface area (Å²) in [4.78, 5) is 5.43. The lowest BCUT2D eigenvalue weighted by molar-refractivity contribution is 0.407. The van der Waals surface area contributed by atoms with Gasteiger partial charge in [-0.2, -0.15) is 5.10 Å². The van der Waals surface area contributed by atoms with Crippen LogP contribution < -0.4 is 9.54 Å². The number of phenolic OH excluding ortho intramolecular Hbond substituents is 1. The van der Waals surface area contributed by atoms with E-state index in [9.17, 15) is 5.11 Å². The van der Waals surface area contributed by atoms with Gasteiger partial charge in [0.25, 0.3) is 0 Å². The minimum Gasteiger partial charge on any atom is -0.507 e.